The number of aromatic nitrogens is 2. The van der Waals surface area contributed by atoms with Crippen molar-refractivity contribution in [1.82, 2.24) is 14.9 Å². The van der Waals surface area contributed by atoms with Gasteiger partial charge in [0.05, 0.1) is 0 Å². The van der Waals surface area contributed by atoms with Gasteiger partial charge in [-0.25, -0.2) is 4.98 Å². The Kier molecular flexibility index (Phi) is 3.07. The van der Waals surface area contributed by atoms with Gasteiger partial charge in [0.25, 0.3) is 0 Å². The number of hydrogen-bond donors (Lipinski definition) is 2. The van der Waals surface area contributed by atoms with E-state index in [9.17, 15) is 0 Å². The first-order chi connectivity index (χ1) is 8.78. The van der Waals surface area contributed by atoms with Gasteiger partial charge in [0, 0.05) is 37.4 Å². The Bertz CT molecular complexity index is 433. The Morgan fingerprint density at radius 2 is 2.22 bits per heavy atom. The van der Waals surface area contributed by atoms with Gasteiger partial charge in [-0.05, 0) is 32.7 Å². The molecule has 3 heterocycles. The van der Waals surface area contributed by atoms with Crippen molar-refractivity contribution in [1.29, 1.82) is 0 Å². The summed E-state index contributed by atoms with van der Waals surface area (Å²) < 4.78 is 0. The second kappa shape index (κ2) is 4.72. The van der Waals surface area contributed by atoms with Crippen molar-refractivity contribution in [2.24, 2.45) is 0 Å². The van der Waals surface area contributed by atoms with Crippen LogP contribution in [-0.2, 0) is 0 Å². The van der Waals surface area contributed by atoms with E-state index in [2.05, 4.69) is 32.4 Å². The molecule has 0 radical (unpaired) electrons. The third kappa shape index (κ3) is 2.03. The van der Waals surface area contributed by atoms with Gasteiger partial charge in [-0.1, -0.05) is 0 Å². The Hall–Kier alpha value is -1.36. The normalized spacial score (nSPS) is 27.2. The van der Waals surface area contributed by atoms with Crippen LogP contribution in [0.2, 0.25) is 0 Å². The second-order valence-electron chi connectivity index (χ2n) is 5.26. The van der Waals surface area contributed by atoms with Crippen molar-refractivity contribution in [3.63, 3.8) is 0 Å². The Morgan fingerprint density at radius 1 is 1.33 bits per heavy atom. The molecule has 2 unspecified atom stereocenters. The molecule has 2 atom stereocenters. The minimum Gasteiger partial charge on any atom is -0.365 e. The number of anilines is 2. The van der Waals surface area contributed by atoms with Crippen LogP contribution in [-0.4, -0.2) is 47.1 Å². The monoisotopic (exact) mass is 247 g/mol. The molecule has 98 valence electrons. The fourth-order valence-corrected chi connectivity index (χ4v) is 3.14. The van der Waals surface area contributed by atoms with Gasteiger partial charge in [0.2, 0.25) is 5.95 Å². The number of hydrogen-bond acceptors (Lipinski definition) is 5. The molecule has 2 aliphatic rings. The first kappa shape index (κ1) is 11.7. The maximum absolute atomic E-state index is 4.52. The third-order valence-electron chi connectivity index (χ3n) is 4.12. The average molecular weight is 247 g/mol. The molecule has 5 heteroatoms. The van der Waals surface area contributed by atoms with Crippen LogP contribution in [0.4, 0.5) is 11.8 Å². The van der Waals surface area contributed by atoms with Gasteiger partial charge in [0.15, 0.2) is 0 Å². The zero-order chi connectivity index (χ0) is 12.5. The van der Waals surface area contributed by atoms with E-state index < -0.39 is 0 Å². The molecule has 0 aliphatic carbocycles. The van der Waals surface area contributed by atoms with Gasteiger partial charge >= 0.3 is 0 Å². The van der Waals surface area contributed by atoms with E-state index in [1.54, 1.807) is 0 Å². The predicted molar refractivity (Wildman–Crippen MR) is 72.9 cm³/mol. The van der Waals surface area contributed by atoms with Crippen molar-refractivity contribution < 1.29 is 0 Å². The SMILES string of the molecule is CNc1ncc(C)c(NC2CCN3CCCC23)n1. The van der Waals surface area contributed by atoms with E-state index in [1.165, 1.54) is 32.4 Å². The van der Waals surface area contributed by atoms with E-state index in [0.717, 1.165) is 11.4 Å². The van der Waals surface area contributed by atoms with Crippen LogP contribution in [0.25, 0.3) is 0 Å². The zero-order valence-corrected chi connectivity index (χ0v) is 11.1. The number of nitrogens with zero attached hydrogens (tertiary/aromatic N) is 3. The first-order valence-corrected chi connectivity index (χ1v) is 6.80. The lowest BCUT2D eigenvalue weighted by atomic mass is 10.1. The van der Waals surface area contributed by atoms with Crippen molar-refractivity contribution >= 4 is 11.8 Å². The highest BCUT2D eigenvalue weighted by molar-refractivity contribution is 5.47. The summed E-state index contributed by atoms with van der Waals surface area (Å²) in [5, 5.41) is 6.62. The van der Waals surface area contributed by atoms with Crippen LogP contribution >= 0.6 is 0 Å². The Labute approximate surface area is 108 Å². The van der Waals surface area contributed by atoms with E-state index >= 15 is 0 Å². The molecule has 2 saturated heterocycles. The second-order valence-corrected chi connectivity index (χ2v) is 5.26. The van der Waals surface area contributed by atoms with E-state index in [4.69, 9.17) is 0 Å². The highest BCUT2D eigenvalue weighted by atomic mass is 15.3. The number of rotatable bonds is 3. The fourth-order valence-electron chi connectivity index (χ4n) is 3.14. The van der Waals surface area contributed by atoms with Crippen LogP contribution in [0.5, 0.6) is 0 Å². The van der Waals surface area contributed by atoms with Crippen LogP contribution < -0.4 is 10.6 Å². The van der Waals surface area contributed by atoms with Gasteiger partial charge in [-0.3, -0.25) is 4.90 Å². The van der Waals surface area contributed by atoms with E-state index in [1.807, 2.05) is 13.2 Å². The maximum Gasteiger partial charge on any atom is 0.224 e. The smallest absolute Gasteiger partial charge is 0.224 e. The summed E-state index contributed by atoms with van der Waals surface area (Å²) in [7, 11) is 1.85. The molecule has 1 aromatic heterocycles. The first-order valence-electron chi connectivity index (χ1n) is 6.80. The highest BCUT2D eigenvalue weighted by Gasteiger charge is 2.37. The molecular weight excluding hydrogens is 226 g/mol. The summed E-state index contributed by atoms with van der Waals surface area (Å²) in [6.07, 6.45) is 5.76. The van der Waals surface area contributed by atoms with E-state index in [-0.39, 0.29) is 0 Å². The summed E-state index contributed by atoms with van der Waals surface area (Å²) in [5.41, 5.74) is 1.12. The number of fused-ring (bicyclic) bond motifs is 1. The predicted octanol–water partition coefficient (Wildman–Crippen LogP) is 1.48. The molecule has 3 rings (SSSR count). The molecule has 0 bridgehead atoms. The van der Waals surface area contributed by atoms with Crippen LogP contribution in [0.1, 0.15) is 24.8 Å². The molecule has 1 aromatic rings. The molecule has 5 nitrogen and oxygen atoms in total. The number of aryl methyl sites for hydroxylation is 1. The van der Waals surface area contributed by atoms with Crippen LogP contribution in [0.3, 0.4) is 0 Å². The third-order valence-corrected chi connectivity index (χ3v) is 4.12. The topological polar surface area (TPSA) is 53.1 Å². The largest absolute Gasteiger partial charge is 0.365 e. The number of nitrogens with one attached hydrogen (secondary N) is 2. The summed E-state index contributed by atoms with van der Waals surface area (Å²) >= 11 is 0. The van der Waals surface area contributed by atoms with Gasteiger partial charge < -0.3 is 10.6 Å². The molecule has 18 heavy (non-hydrogen) atoms. The minimum absolute atomic E-state index is 0.547. The molecular formula is C13H21N5. The standard InChI is InChI=1S/C13H21N5/c1-9-8-15-13(14-2)17-12(9)16-10-5-7-18-6-3-4-11(10)18/h8,10-11H,3-7H2,1-2H3,(H2,14,15,16,17). The lowest BCUT2D eigenvalue weighted by Crippen LogP contribution is -2.34. The zero-order valence-electron chi connectivity index (χ0n) is 11.1. The van der Waals surface area contributed by atoms with Gasteiger partial charge in [0.1, 0.15) is 5.82 Å². The van der Waals surface area contributed by atoms with Crippen molar-refractivity contribution in [3.8, 4) is 0 Å². The van der Waals surface area contributed by atoms with Gasteiger partial charge in [-0.2, -0.15) is 4.98 Å². The van der Waals surface area contributed by atoms with Gasteiger partial charge in [-0.15, -0.1) is 0 Å². The molecule has 2 N–H and O–H groups in total. The van der Waals surface area contributed by atoms with Crippen molar-refractivity contribution in [2.75, 3.05) is 30.8 Å². The summed E-state index contributed by atoms with van der Waals surface area (Å²) in [4.78, 5) is 11.3. The van der Waals surface area contributed by atoms with Crippen LogP contribution in [0, 0.1) is 6.92 Å². The van der Waals surface area contributed by atoms with Crippen molar-refractivity contribution in [2.45, 2.75) is 38.3 Å². The van der Waals surface area contributed by atoms with Crippen LogP contribution in [0.15, 0.2) is 6.20 Å². The van der Waals surface area contributed by atoms with Crippen molar-refractivity contribution in [3.05, 3.63) is 11.8 Å². The molecule has 0 spiro atoms. The Balaban J connectivity index is 1.76. The molecule has 2 aliphatic heterocycles. The molecule has 0 saturated carbocycles. The maximum atomic E-state index is 4.52. The Morgan fingerprint density at radius 3 is 3.06 bits per heavy atom. The van der Waals surface area contributed by atoms with E-state index in [0.29, 0.717) is 18.0 Å². The summed E-state index contributed by atoms with van der Waals surface area (Å²) in [6.45, 7) is 4.56. The highest BCUT2D eigenvalue weighted by Crippen LogP contribution is 2.30. The minimum atomic E-state index is 0.547. The lowest BCUT2D eigenvalue weighted by Gasteiger charge is -2.22. The fraction of sp³-hybridized carbons (Fsp3) is 0.692. The summed E-state index contributed by atoms with van der Waals surface area (Å²) in [6, 6.07) is 1.25. The lowest BCUT2D eigenvalue weighted by molar-refractivity contribution is 0.318. The molecule has 2 fully saturated rings. The average Bonchev–Trinajstić information content (AvgIpc) is 2.96. The molecule has 0 aromatic carbocycles. The quantitative estimate of drug-likeness (QED) is 0.847. The molecule has 0 amide bonds. The summed E-state index contributed by atoms with van der Waals surface area (Å²) in [5.74, 6) is 1.66.